The quantitative estimate of drug-likeness (QED) is 0.455. The number of hydrogen-bond acceptors (Lipinski definition) is 4. The van der Waals surface area contributed by atoms with Gasteiger partial charge in [-0.05, 0) is 31.5 Å². The summed E-state index contributed by atoms with van der Waals surface area (Å²) in [4.78, 5) is 7.81. The molecule has 1 aromatic carbocycles. The SMILES string of the molecule is CN=C(NCCc1nc(C(F)(F)F)cs1)NCc1ccccc1-n1nc(C)cc1C. The van der Waals surface area contributed by atoms with Crippen LogP contribution in [0.4, 0.5) is 13.2 Å². The van der Waals surface area contributed by atoms with Crippen molar-refractivity contribution in [2.75, 3.05) is 13.6 Å². The molecule has 0 unspecified atom stereocenters. The Morgan fingerprint density at radius 3 is 2.60 bits per heavy atom. The third kappa shape index (κ3) is 5.38. The molecule has 160 valence electrons. The predicted molar refractivity (Wildman–Crippen MR) is 112 cm³/mol. The summed E-state index contributed by atoms with van der Waals surface area (Å²) in [5, 5.41) is 12.4. The number of guanidine groups is 1. The van der Waals surface area contributed by atoms with Crippen LogP contribution in [0.2, 0.25) is 0 Å². The second-order valence-corrected chi connectivity index (χ2v) is 7.64. The molecule has 0 aliphatic heterocycles. The maximum absolute atomic E-state index is 12.6. The molecule has 0 saturated carbocycles. The lowest BCUT2D eigenvalue weighted by atomic mass is 10.1. The zero-order chi connectivity index (χ0) is 21.7. The number of benzene rings is 1. The van der Waals surface area contributed by atoms with E-state index in [0.717, 1.165) is 39.4 Å². The van der Waals surface area contributed by atoms with Gasteiger partial charge in [-0.2, -0.15) is 18.3 Å². The van der Waals surface area contributed by atoms with Crippen molar-refractivity contribution in [1.29, 1.82) is 0 Å². The van der Waals surface area contributed by atoms with Gasteiger partial charge in [-0.3, -0.25) is 4.99 Å². The molecule has 3 rings (SSSR count). The van der Waals surface area contributed by atoms with E-state index in [0.29, 0.717) is 30.5 Å². The zero-order valence-corrected chi connectivity index (χ0v) is 17.7. The molecule has 3 aromatic rings. The fourth-order valence-electron chi connectivity index (χ4n) is 2.98. The van der Waals surface area contributed by atoms with Crippen LogP contribution in [0.25, 0.3) is 5.69 Å². The third-order valence-corrected chi connectivity index (χ3v) is 5.28. The first-order valence-corrected chi connectivity index (χ1v) is 10.2. The van der Waals surface area contributed by atoms with E-state index in [2.05, 4.69) is 25.7 Å². The van der Waals surface area contributed by atoms with Gasteiger partial charge in [-0.25, -0.2) is 9.67 Å². The second kappa shape index (κ2) is 9.29. The summed E-state index contributed by atoms with van der Waals surface area (Å²) in [7, 11) is 1.65. The highest BCUT2D eigenvalue weighted by molar-refractivity contribution is 7.09. The van der Waals surface area contributed by atoms with E-state index in [1.807, 2.05) is 48.9 Å². The van der Waals surface area contributed by atoms with Crippen LogP contribution >= 0.6 is 11.3 Å². The van der Waals surface area contributed by atoms with Crippen molar-refractivity contribution >= 4 is 17.3 Å². The summed E-state index contributed by atoms with van der Waals surface area (Å²) in [6.07, 6.45) is -4.03. The van der Waals surface area contributed by atoms with Gasteiger partial charge >= 0.3 is 6.18 Å². The lowest BCUT2D eigenvalue weighted by Crippen LogP contribution is -2.38. The average molecular weight is 437 g/mol. The highest BCUT2D eigenvalue weighted by atomic mass is 32.1. The van der Waals surface area contributed by atoms with Crippen molar-refractivity contribution in [3.8, 4) is 5.69 Å². The molecule has 30 heavy (non-hydrogen) atoms. The topological polar surface area (TPSA) is 67.1 Å². The smallest absolute Gasteiger partial charge is 0.356 e. The van der Waals surface area contributed by atoms with Gasteiger partial charge in [0, 0.05) is 37.6 Å². The van der Waals surface area contributed by atoms with Crippen LogP contribution in [0.3, 0.4) is 0 Å². The molecule has 10 heteroatoms. The van der Waals surface area contributed by atoms with Gasteiger partial charge in [0.25, 0.3) is 0 Å². The molecule has 6 nitrogen and oxygen atoms in total. The molecule has 0 saturated heterocycles. The van der Waals surface area contributed by atoms with E-state index in [9.17, 15) is 13.2 Å². The molecule has 0 atom stereocenters. The Labute approximate surface area is 176 Å². The first-order chi connectivity index (χ1) is 14.3. The Bertz CT molecular complexity index is 1020. The Morgan fingerprint density at radius 1 is 1.20 bits per heavy atom. The predicted octanol–water partition coefficient (Wildman–Crippen LogP) is 3.87. The lowest BCUT2D eigenvalue weighted by molar-refractivity contribution is -0.140. The molecule has 0 fully saturated rings. The fraction of sp³-hybridized carbons (Fsp3) is 0.350. The monoisotopic (exact) mass is 436 g/mol. The molecule has 0 aliphatic rings. The van der Waals surface area contributed by atoms with Gasteiger partial charge in [0.05, 0.1) is 16.4 Å². The van der Waals surface area contributed by atoms with Crippen molar-refractivity contribution in [3.63, 3.8) is 0 Å². The van der Waals surface area contributed by atoms with Crippen LogP contribution < -0.4 is 10.6 Å². The number of aliphatic imine (C=N–C) groups is 1. The number of halogens is 3. The van der Waals surface area contributed by atoms with E-state index >= 15 is 0 Å². The van der Waals surface area contributed by atoms with Crippen LogP contribution in [0.1, 0.15) is 27.7 Å². The Kier molecular flexibility index (Phi) is 6.76. The van der Waals surface area contributed by atoms with Crippen molar-refractivity contribution in [1.82, 2.24) is 25.4 Å². The van der Waals surface area contributed by atoms with Crippen molar-refractivity contribution in [2.24, 2.45) is 4.99 Å². The molecule has 0 amide bonds. The summed E-state index contributed by atoms with van der Waals surface area (Å²) >= 11 is 1.01. The maximum atomic E-state index is 12.6. The minimum absolute atomic E-state index is 0.379. The van der Waals surface area contributed by atoms with E-state index in [1.54, 1.807) is 7.05 Å². The van der Waals surface area contributed by atoms with Gasteiger partial charge in [0.15, 0.2) is 11.7 Å². The summed E-state index contributed by atoms with van der Waals surface area (Å²) in [6.45, 7) is 4.90. The second-order valence-electron chi connectivity index (χ2n) is 6.69. The van der Waals surface area contributed by atoms with E-state index in [1.165, 1.54) is 0 Å². The van der Waals surface area contributed by atoms with E-state index in [4.69, 9.17) is 0 Å². The lowest BCUT2D eigenvalue weighted by Gasteiger charge is -2.15. The minimum Gasteiger partial charge on any atom is -0.356 e. The summed E-state index contributed by atoms with van der Waals surface area (Å²) in [5.41, 5.74) is 3.17. The highest BCUT2D eigenvalue weighted by Crippen LogP contribution is 2.30. The van der Waals surface area contributed by atoms with Crippen LogP contribution in [-0.4, -0.2) is 34.3 Å². The molecule has 2 aromatic heterocycles. The minimum atomic E-state index is -4.40. The van der Waals surface area contributed by atoms with Crippen LogP contribution in [0, 0.1) is 13.8 Å². The summed E-state index contributed by atoms with van der Waals surface area (Å²) < 4.78 is 39.8. The molecule has 0 radical (unpaired) electrons. The van der Waals surface area contributed by atoms with Gasteiger partial charge < -0.3 is 10.6 Å². The van der Waals surface area contributed by atoms with Crippen molar-refractivity contribution < 1.29 is 13.2 Å². The molecule has 0 aliphatic carbocycles. The van der Waals surface area contributed by atoms with E-state index in [-0.39, 0.29) is 0 Å². The van der Waals surface area contributed by atoms with Gasteiger partial charge in [0.1, 0.15) is 0 Å². The fourth-order valence-corrected chi connectivity index (χ4v) is 3.79. The van der Waals surface area contributed by atoms with Crippen LogP contribution in [0.5, 0.6) is 0 Å². The number of rotatable bonds is 6. The number of alkyl halides is 3. The number of hydrogen-bond donors (Lipinski definition) is 2. The number of aromatic nitrogens is 3. The molecule has 2 N–H and O–H groups in total. The Balaban J connectivity index is 1.58. The third-order valence-electron chi connectivity index (χ3n) is 4.37. The van der Waals surface area contributed by atoms with E-state index < -0.39 is 11.9 Å². The first-order valence-electron chi connectivity index (χ1n) is 9.35. The number of aryl methyl sites for hydroxylation is 2. The van der Waals surface area contributed by atoms with Gasteiger partial charge in [-0.15, -0.1) is 11.3 Å². The number of nitrogens with zero attached hydrogens (tertiary/aromatic N) is 4. The Hall–Kier alpha value is -2.88. The summed E-state index contributed by atoms with van der Waals surface area (Å²) in [6, 6.07) is 9.97. The number of para-hydroxylation sites is 1. The molecule has 0 bridgehead atoms. The van der Waals surface area contributed by atoms with Crippen LogP contribution in [0.15, 0.2) is 40.7 Å². The number of thiazole rings is 1. The molecule has 2 heterocycles. The van der Waals surface area contributed by atoms with Crippen LogP contribution in [-0.2, 0) is 19.1 Å². The first kappa shape index (κ1) is 21.8. The van der Waals surface area contributed by atoms with Crippen molar-refractivity contribution in [2.45, 2.75) is 33.0 Å². The molecule has 0 spiro atoms. The highest BCUT2D eigenvalue weighted by Gasteiger charge is 2.33. The molecular weight excluding hydrogens is 413 g/mol. The van der Waals surface area contributed by atoms with Gasteiger partial charge in [-0.1, -0.05) is 18.2 Å². The average Bonchev–Trinajstić information content (AvgIpc) is 3.31. The molecular formula is C20H23F3N6S. The number of nitrogens with one attached hydrogen (secondary N) is 2. The Morgan fingerprint density at radius 2 is 1.97 bits per heavy atom. The standard InChI is InChI=1S/C20H23F3N6S/c1-13-10-14(2)29(28-13)16-7-5-4-6-15(16)11-26-19(24-3)25-9-8-18-27-17(12-30-18)20(21,22)23/h4-7,10,12H,8-9,11H2,1-3H3,(H2,24,25,26). The normalized spacial score (nSPS) is 12.3. The van der Waals surface area contributed by atoms with Gasteiger partial charge in [0.2, 0.25) is 0 Å². The van der Waals surface area contributed by atoms with Crippen molar-refractivity contribution in [3.05, 3.63) is 63.4 Å². The largest absolute Gasteiger partial charge is 0.434 e. The maximum Gasteiger partial charge on any atom is 0.434 e. The zero-order valence-electron chi connectivity index (χ0n) is 16.9. The summed E-state index contributed by atoms with van der Waals surface area (Å²) in [5.74, 6) is 0.561.